The number of ether oxygens (including phenoxy) is 4. The van der Waals surface area contributed by atoms with Gasteiger partial charge in [0.05, 0.1) is 28.4 Å². The van der Waals surface area contributed by atoms with Crippen LogP contribution in [0, 0.1) is 19.1 Å². The van der Waals surface area contributed by atoms with Gasteiger partial charge in [-0.15, -0.1) is 0 Å². The Bertz CT molecular complexity index is 1540. The maximum absolute atomic E-state index is 5.20. The van der Waals surface area contributed by atoms with Crippen LogP contribution in [0.2, 0.25) is 0 Å². The summed E-state index contributed by atoms with van der Waals surface area (Å²) in [7, 11) is 6.69. The zero-order valence-corrected chi connectivity index (χ0v) is 35.4. The van der Waals surface area contributed by atoms with E-state index in [1.165, 1.54) is 6.42 Å². The monoisotopic (exact) mass is 970 g/mol. The zero-order valence-electron chi connectivity index (χ0n) is 29.3. The first-order valence-electron chi connectivity index (χ1n) is 15.9. The van der Waals surface area contributed by atoms with E-state index in [9.17, 15) is 0 Å². The Hall–Kier alpha value is -3.83. The van der Waals surface area contributed by atoms with Crippen molar-refractivity contribution < 1.29 is 42.9 Å². The van der Waals surface area contributed by atoms with Gasteiger partial charge in [0.25, 0.3) is 0 Å². The minimum absolute atomic E-state index is 0. The van der Waals surface area contributed by atoms with E-state index < -0.39 is 0 Å². The summed E-state index contributed by atoms with van der Waals surface area (Å²) in [6.07, 6.45) is 2.28. The molecule has 6 aromatic carbocycles. The van der Waals surface area contributed by atoms with Crippen molar-refractivity contribution in [2.45, 2.75) is 19.8 Å². The molecule has 6 aromatic rings. The van der Waals surface area contributed by atoms with Crippen LogP contribution in [0.15, 0.2) is 133 Å². The smallest absolute Gasteiger partial charge is 0.118 e. The molecule has 7 radical (unpaired) electrons. The Morgan fingerprint density at radius 1 is 0.420 bits per heavy atom. The summed E-state index contributed by atoms with van der Waals surface area (Å²) in [6, 6.07) is 51.3. The summed E-state index contributed by atoms with van der Waals surface area (Å²) in [5.41, 5.74) is 8.75. The van der Waals surface area contributed by atoms with Crippen LogP contribution in [0.1, 0.15) is 19.8 Å². The Kier molecular flexibility index (Phi) is 19.3. The van der Waals surface area contributed by atoms with E-state index >= 15 is 0 Å². The van der Waals surface area contributed by atoms with E-state index in [4.69, 9.17) is 18.9 Å². The standard InChI is InChI=1S/2C20H17O2.C4H9.HI.Pb/c2*1-21-19-10-6-15(7-11-19)17-4-3-5-18(14-17)16-8-12-20(22-2)13-9-16;1-3-4-2;;/h2*3-13H,1-2H3;1,3-4H2,2H3;1H;/p-1. The molecule has 0 spiro atoms. The first-order valence-corrected chi connectivity index (χ1v) is 15.9. The Morgan fingerprint density at radius 3 is 0.780 bits per heavy atom. The number of hydrogen-bond donors (Lipinski definition) is 0. The summed E-state index contributed by atoms with van der Waals surface area (Å²) in [5.74, 6) is 3.43. The molecule has 0 fully saturated rings. The van der Waals surface area contributed by atoms with E-state index in [0.717, 1.165) is 73.9 Å². The number of unbranched alkanes of at least 4 members (excludes halogenated alkanes) is 1. The van der Waals surface area contributed by atoms with Gasteiger partial charge in [0.2, 0.25) is 0 Å². The molecule has 0 amide bonds. The first-order chi connectivity index (χ1) is 23.5. The van der Waals surface area contributed by atoms with Gasteiger partial charge in [0, 0.05) is 27.3 Å². The summed E-state index contributed by atoms with van der Waals surface area (Å²) < 4.78 is 20.8. The fourth-order valence-electron chi connectivity index (χ4n) is 4.69. The van der Waals surface area contributed by atoms with E-state index in [1.807, 2.05) is 97.1 Å². The summed E-state index contributed by atoms with van der Waals surface area (Å²) in [6.45, 7) is 5.72. The third-order valence-corrected chi connectivity index (χ3v) is 7.55. The molecule has 0 heterocycles. The molecule has 6 heteroatoms. The van der Waals surface area contributed by atoms with Crippen molar-refractivity contribution in [2.24, 2.45) is 0 Å². The predicted octanol–water partition coefficient (Wildman–Crippen LogP) is 7.92. The molecule has 0 N–H and O–H groups in total. The van der Waals surface area contributed by atoms with E-state index in [1.54, 1.807) is 28.4 Å². The minimum Gasteiger partial charge on any atom is -1.00 e. The average molecular weight is 970 g/mol. The predicted molar refractivity (Wildman–Crippen MR) is 205 cm³/mol. The van der Waals surface area contributed by atoms with Crippen molar-refractivity contribution in [1.82, 2.24) is 0 Å². The molecule has 0 saturated carbocycles. The Morgan fingerprint density at radius 2 is 0.620 bits per heavy atom. The molecule has 50 heavy (non-hydrogen) atoms. The van der Waals surface area contributed by atoms with Crippen molar-refractivity contribution >= 4 is 27.3 Å². The quantitative estimate of drug-likeness (QED) is 0.109. The Labute approximate surface area is 336 Å². The number of rotatable bonds is 9. The van der Waals surface area contributed by atoms with Crippen LogP contribution in [-0.2, 0) is 0 Å². The van der Waals surface area contributed by atoms with Crippen LogP contribution in [-0.4, -0.2) is 55.7 Å². The fourth-order valence-corrected chi connectivity index (χ4v) is 4.69. The molecule has 255 valence electrons. The van der Waals surface area contributed by atoms with Crippen molar-refractivity contribution in [2.75, 3.05) is 28.4 Å². The van der Waals surface area contributed by atoms with Gasteiger partial charge in [0.15, 0.2) is 0 Å². The van der Waals surface area contributed by atoms with Crippen LogP contribution in [0.5, 0.6) is 23.0 Å². The number of methoxy groups -OCH3 is 4. The first kappa shape index (κ1) is 42.3. The molecule has 0 aliphatic rings. The van der Waals surface area contributed by atoms with Gasteiger partial charge in [-0.1, -0.05) is 112 Å². The van der Waals surface area contributed by atoms with Gasteiger partial charge in [-0.05, 0) is 105 Å². The largest absolute Gasteiger partial charge is 1.00 e. The van der Waals surface area contributed by atoms with Crippen molar-refractivity contribution in [3.05, 3.63) is 153 Å². The number of hydrogen-bond acceptors (Lipinski definition) is 4. The maximum Gasteiger partial charge on any atom is 0.118 e. The second kappa shape index (κ2) is 22.8. The van der Waals surface area contributed by atoms with E-state index in [2.05, 4.69) is 62.4 Å². The molecule has 4 nitrogen and oxygen atoms in total. The van der Waals surface area contributed by atoms with Gasteiger partial charge in [-0.2, -0.15) is 0 Å². The molecule has 0 unspecified atom stereocenters. The fraction of sp³-hybridized carbons (Fsp3) is 0.159. The normalized spacial score (nSPS) is 9.64. The molecule has 6 rings (SSSR count). The van der Waals surface area contributed by atoms with Crippen molar-refractivity contribution in [3.8, 4) is 67.5 Å². The second-order valence-corrected chi connectivity index (χ2v) is 10.7. The number of benzene rings is 6. The third-order valence-electron chi connectivity index (χ3n) is 7.55. The topological polar surface area (TPSA) is 36.9 Å². The molecule has 0 aliphatic heterocycles. The van der Waals surface area contributed by atoms with Gasteiger partial charge in [-0.3, -0.25) is 0 Å². The average Bonchev–Trinajstić information content (AvgIpc) is 3.18. The molecular weight excluding hydrogens is 927 g/mol. The second-order valence-electron chi connectivity index (χ2n) is 10.7. The maximum atomic E-state index is 5.20. The SMILES string of the molecule is COc1ccc(-c2[c]c(-c3ccc(OC)cc3)ccc2)cc1.COc1ccc(-c2[c]c(-c3ccc(OC)cc3)ccc2)cc1.[CH2]CCC.[I-].[Pb]. The van der Waals surface area contributed by atoms with Gasteiger partial charge < -0.3 is 42.9 Å². The third kappa shape index (κ3) is 12.5. The van der Waals surface area contributed by atoms with Crippen LogP contribution in [0.3, 0.4) is 0 Å². The Balaban J connectivity index is 0.000000303. The molecule has 0 aliphatic carbocycles. The number of halogens is 1. The van der Waals surface area contributed by atoms with Gasteiger partial charge >= 0.3 is 0 Å². The van der Waals surface area contributed by atoms with Crippen molar-refractivity contribution in [1.29, 1.82) is 0 Å². The molecule has 0 bridgehead atoms. The molecule has 0 aromatic heterocycles. The van der Waals surface area contributed by atoms with Crippen LogP contribution >= 0.6 is 0 Å². The van der Waals surface area contributed by atoms with Crippen LogP contribution in [0.4, 0.5) is 0 Å². The van der Waals surface area contributed by atoms with E-state index in [0.29, 0.717) is 0 Å². The van der Waals surface area contributed by atoms with Gasteiger partial charge in [0.1, 0.15) is 23.0 Å². The molecule has 0 saturated heterocycles. The molecular formula is C44H43IO4Pb-. The summed E-state index contributed by atoms with van der Waals surface area (Å²) in [4.78, 5) is 0. The van der Waals surface area contributed by atoms with Crippen LogP contribution < -0.4 is 42.9 Å². The van der Waals surface area contributed by atoms with E-state index in [-0.39, 0.29) is 51.3 Å². The zero-order chi connectivity index (χ0) is 34.1. The summed E-state index contributed by atoms with van der Waals surface area (Å²) >= 11 is 0. The van der Waals surface area contributed by atoms with Gasteiger partial charge in [-0.25, -0.2) is 0 Å². The minimum atomic E-state index is 0. The molecule has 0 atom stereocenters. The summed E-state index contributed by atoms with van der Waals surface area (Å²) in [5, 5.41) is 0. The van der Waals surface area contributed by atoms with Crippen molar-refractivity contribution in [3.63, 3.8) is 0 Å². The van der Waals surface area contributed by atoms with Crippen LogP contribution in [0.25, 0.3) is 44.5 Å².